The highest BCUT2D eigenvalue weighted by Crippen LogP contribution is 2.34. The second kappa shape index (κ2) is 11.5. The largest absolute Gasteiger partial charge is 0.493 e. The maximum absolute atomic E-state index is 13.8. The number of ketones is 1. The highest BCUT2D eigenvalue weighted by Gasteiger charge is 2.24. The summed E-state index contributed by atoms with van der Waals surface area (Å²) in [5.74, 6) is 0.634. The maximum Gasteiger partial charge on any atom is 0.332 e. The number of amides is 1. The minimum Gasteiger partial charge on any atom is -0.493 e. The van der Waals surface area contributed by atoms with Crippen LogP contribution >= 0.6 is 11.3 Å². The molecule has 0 saturated heterocycles. The summed E-state index contributed by atoms with van der Waals surface area (Å²) in [7, 11) is 3.12. The number of carbonyl (C=O) groups excluding carboxylic acids is 2. The molecule has 0 radical (unpaired) electrons. The van der Waals surface area contributed by atoms with Crippen LogP contribution < -0.4 is 26.0 Å². The van der Waals surface area contributed by atoms with Crippen LogP contribution in [-0.2, 0) is 37.1 Å². The summed E-state index contributed by atoms with van der Waals surface area (Å²) in [6.07, 6.45) is 4.07. The Bertz CT molecular complexity index is 1730. The average Bonchev–Trinajstić information content (AvgIpc) is 3.35. The summed E-state index contributed by atoms with van der Waals surface area (Å²) in [5, 5.41) is 3.34. The Morgan fingerprint density at radius 3 is 2.50 bits per heavy atom. The Hall–Kier alpha value is -4.18. The van der Waals surface area contributed by atoms with Gasteiger partial charge in [-0.15, -0.1) is 11.3 Å². The molecular formula is C30H31N3O6S. The zero-order valence-electron chi connectivity index (χ0n) is 22.7. The van der Waals surface area contributed by atoms with Crippen LogP contribution in [0.1, 0.15) is 46.1 Å². The van der Waals surface area contributed by atoms with E-state index in [1.807, 2.05) is 12.1 Å². The fourth-order valence-electron chi connectivity index (χ4n) is 5.19. The van der Waals surface area contributed by atoms with E-state index in [4.69, 9.17) is 9.47 Å². The van der Waals surface area contributed by atoms with E-state index < -0.39 is 11.6 Å². The minimum absolute atomic E-state index is 0.111. The zero-order valence-corrected chi connectivity index (χ0v) is 23.6. The number of rotatable bonds is 9. The first kappa shape index (κ1) is 27.4. The van der Waals surface area contributed by atoms with Crippen LogP contribution in [0.3, 0.4) is 0 Å². The number of nitrogens with zero attached hydrogens (tertiary/aromatic N) is 2. The normalized spacial score (nSPS) is 12.7. The standard InChI is InChI=1S/C30H31N3O6S/c1-18(34)20-7-6-8-21(16-20)31-26(35)17-33-29-27(22-9-4-5-10-25(22)40-29)28(36)32(30(33)37)14-13-19-11-12-23(38-2)24(15-19)39-3/h6-8,11-12,15-16H,4-5,9-10,13-14,17H2,1-3H3,(H,31,35). The highest BCUT2D eigenvalue weighted by atomic mass is 32.1. The predicted octanol–water partition coefficient (Wildman–Crippen LogP) is 4.20. The third-order valence-electron chi connectivity index (χ3n) is 7.25. The van der Waals surface area contributed by atoms with Gasteiger partial charge in [0.25, 0.3) is 5.56 Å². The van der Waals surface area contributed by atoms with E-state index in [0.29, 0.717) is 39.4 Å². The number of benzene rings is 2. The summed E-state index contributed by atoms with van der Waals surface area (Å²) >= 11 is 1.44. The number of fused-ring (bicyclic) bond motifs is 3. The van der Waals surface area contributed by atoms with Crippen molar-refractivity contribution in [2.45, 2.75) is 52.1 Å². The number of methoxy groups -OCH3 is 2. The maximum atomic E-state index is 13.8. The monoisotopic (exact) mass is 561 g/mol. The third kappa shape index (κ3) is 5.31. The molecule has 0 fully saturated rings. The van der Waals surface area contributed by atoms with Gasteiger partial charge >= 0.3 is 5.69 Å². The SMILES string of the molecule is COc1ccc(CCn2c(=O)c3c4c(sc3n(CC(=O)Nc3cccc(C(C)=O)c3)c2=O)CCCC4)cc1OC. The molecule has 0 saturated carbocycles. The molecule has 10 heteroatoms. The van der Waals surface area contributed by atoms with E-state index in [2.05, 4.69) is 5.32 Å². The van der Waals surface area contributed by atoms with Crippen molar-refractivity contribution < 1.29 is 19.1 Å². The lowest BCUT2D eigenvalue weighted by molar-refractivity contribution is -0.116. The second-order valence-electron chi connectivity index (χ2n) is 9.84. The number of ether oxygens (including phenoxy) is 2. The van der Waals surface area contributed by atoms with Crippen LogP contribution in [0, 0.1) is 0 Å². The quantitative estimate of drug-likeness (QED) is 0.307. The van der Waals surface area contributed by atoms with E-state index in [9.17, 15) is 19.2 Å². The van der Waals surface area contributed by atoms with Gasteiger partial charge in [0.15, 0.2) is 17.3 Å². The Balaban J connectivity index is 1.52. The molecule has 0 atom stereocenters. The van der Waals surface area contributed by atoms with Crippen molar-refractivity contribution in [3.63, 3.8) is 0 Å². The Morgan fingerprint density at radius 1 is 0.975 bits per heavy atom. The van der Waals surface area contributed by atoms with E-state index in [0.717, 1.165) is 41.7 Å². The number of nitrogens with one attached hydrogen (secondary N) is 1. The molecule has 9 nitrogen and oxygen atoms in total. The van der Waals surface area contributed by atoms with Gasteiger partial charge in [0.1, 0.15) is 11.4 Å². The molecule has 208 valence electrons. The molecule has 1 aliphatic carbocycles. The molecule has 1 aliphatic rings. The molecule has 1 amide bonds. The lowest BCUT2D eigenvalue weighted by atomic mass is 9.97. The first-order valence-corrected chi connectivity index (χ1v) is 14.0. The van der Waals surface area contributed by atoms with Crippen LogP contribution in [0.5, 0.6) is 11.5 Å². The van der Waals surface area contributed by atoms with Crippen LogP contribution in [-0.4, -0.2) is 35.0 Å². The average molecular weight is 562 g/mol. The third-order valence-corrected chi connectivity index (χ3v) is 8.56. The van der Waals surface area contributed by atoms with Crippen LogP contribution in [0.4, 0.5) is 5.69 Å². The summed E-state index contributed by atoms with van der Waals surface area (Å²) in [5.41, 5.74) is 1.99. The Morgan fingerprint density at radius 2 is 1.75 bits per heavy atom. The lowest BCUT2D eigenvalue weighted by Gasteiger charge is -2.14. The van der Waals surface area contributed by atoms with Crippen LogP contribution in [0.2, 0.25) is 0 Å². The van der Waals surface area contributed by atoms with E-state index in [1.165, 1.54) is 27.4 Å². The number of Topliss-reactive ketones (excluding diaryl/α,β-unsaturated/α-hetero) is 1. The van der Waals surface area contributed by atoms with Gasteiger partial charge in [0, 0.05) is 22.7 Å². The number of anilines is 1. The lowest BCUT2D eigenvalue weighted by Crippen LogP contribution is -2.42. The number of aryl methyl sites for hydroxylation is 3. The van der Waals surface area contributed by atoms with Gasteiger partial charge in [0.05, 0.1) is 19.6 Å². The molecule has 5 rings (SSSR count). The van der Waals surface area contributed by atoms with E-state index in [-0.39, 0.29) is 24.4 Å². The summed E-state index contributed by atoms with van der Waals surface area (Å²) in [6.45, 7) is 1.35. The fourth-order valence-corrected chi connectivity index (χ4v) is 6.56. The predicted molar refractivity (Wildman–Crippen MR) is 155 cm³/mol. The van der Waals surface area contributed by atoms with Crippen molar-refractivity contribution in [1.82, 2.24) is 9.13 Å². The minimum atomic E-state index is -0.524. The number of aromatic nitrogens is 2. The van der Waals surface area contributed by atoms with Crippen molar-refractivity contribution in [3.8, 4) is 11.5 Å². The highest BCUT2D eigenvalue weighted by molar-refractivity contribution is 7.18. The molecule has 0 bridgehead atoms. The fraction of sp³-hybridized carbons (Fsp3) is 0.333. The zero-order chi connectivity index (χ0) is 28.4. The molecule has 4 aromatic rings. The van der Waals surface area contributed by atoms with Crippen molar-refractivity contribution in [2.75, 3.05) is 19.5 Å². The second-order valence-corrected chi connectivity index (χ2v) is 10.9. The van der Waals surface area contributed by atoms with Gasteiger partial charge in [-0.2, -0.15) is 0 Å². The van der Waals surface area contributed by atoms with Crippen molar-refractivity contribution in [2.24, 2.45) is 0 Å². The van der Waals surface area contributed by atoms with Crippen molar-refractivity contribution in [1.29, 1.82) is 0 Å². The molecule has 0 unspecified atom stereocenters. The van der Waals surface area contributed by atoms with Gasteiger partial charge < -0.3 is 14.8 Å². The van der Waals surface area contributed by atoms with Gasteiger partial charge in [-0.1, -0.05) is 18.2 Å². The summed E-state index contributed by atoms with van der Waals surface area (Å²) in [4.78, 5) is 54.0. The molecular weight excluding hydrogens is 530 g/mol. The van der Waals surface area contributed by atoms with Gasteiger partial charge in [0.2, 0.25) is 5.91 Å². The summed E-state index contributed by atoms with van der Waals surface area (Å²) in [6, 6.07) is 12.2. The summed E-state index contributed by atoms with van der Waals surface area (Å²) < 4.78 is 13.4. The van der Waals surface area contributed by atoms with E-state index >= 15 is 0 Å². The first-order chi connectivity index (χ1) is 19.3. The Kier molecular flexibility index (Phi) is 7.88. The smallest absolute Gasteiger partial charge is 0.332 e. The first-order valence-electron chi connectivity index (χ1n) is 13.2. The molecule has 40 heavy (non-hydrogen) atoms. The molecule has 0 aliphatic heterocycles. The number of hydrogen-bond donors (Lipinski definition) is 1. The molecule has 1 N–H and O–H groups in total. The van der Waals surface area contributed by atoms with Gasteiger partial charge in [-0.3, -0.25) is 23.5 Å². The Labute approximate surface area is 235 Å². The van der Waals surface area contributed by atoms with Gasteiger partial charge in [-0.05, 0) is 74.4 Å². The van der Waals surface area contributed by atoms with Gasteiger partial charge in [-0.25, -0.2) is 4.79 Å². The van der Waals surface area contributed by atoms with Crippen molar-refractivity contribution in [3.05, 3.63) is 84.9 Å². The number of carbonyl (C=O) groups is 2. The molecule has 2 aromatic carbocycles. The van der Waals surface area contributed by atoms with E-state index in [1.54, 1.807) is 44.6 Å². The van der Waals surface area contributed by atoms with Crippen molar-refractivity contribution >= 4 is 38.9 Å². The van der Waals surface area contributed by atoms with Crippen LogP contribution in [0.25, 0.3) is 10.2 Å². The molecule has 2 heterocycles. The topological polar surface area (TPSA) is 109 Å². The molecule has 0 spiro atoms. The van der Waals surface area contributed by atoms with Crippen LogP contribution in [0.15, 0.2) is 52.1 Å². The number of hydrogen-bond acceptors (Lipinski definition) is 7. The molecule has 2 aromatic heterocycles. The number of thiophene rings is 1.